The Hall–Kier alpha value is -2.17. The Kier molecular flexibility index (Phi) is 2.73. The summed E-state index contributed by atoms with van der Waals surface area (Å²) in [7, 11) is 0. The van der Waals surface area contributed by atoms with Gasteiger partial charge in [-0.25, -0.2) is 9.78 Å². The molecule has 0 aliphatic rings. The van der Waals surface area contributed by atoms with Crippen LogP contribution < -0.4 is 5.32 Å². The molecule has 5 nitrogen and oxygen atoms in total. The van der Waals surface area contributed by atoms with Crippen molar-refractivity contribution >= 4 is 6.03 Å². The Morgan fingerprint density at radius 1 is 1.40 bits per heavy atom. The van der Waals surface area contributed by atoms with Crippen molar-refractivity contribution in [3.63, 3.8) is 0 Å². The number of hydrogen-bond donors (Lipinski definition) is 1. The SMILES string of the molecule is O=C(NCc1ccccn1)n1ccnc1. The van der Waals surface area contributed by atoms with Gasteiger partial charge in [-0.3, -0.25) is 9.55 Å². The van der Waals surface area contributed by atoms with Crippen LogP contribution in [0.1, 0.15) is 5.69 Å². The molecule has 0 unspecified atom stereocenters. The minimum atomic E-state index is -0.210. The zero-order chi connectivity index (χ0) is 10.5. The average Bonchev–Trinajstić information content (AvgIpc) is 2.81. The Bertz CT molecular complexity index is 424. The number of carbonyl (C=O) groups is 1. The van der Waals surface area contributed by atoms with Crippen LogP contribution >= 0.6 is 0 Å². The monoisotopic (exact) mass is 202 g/mol. The van der Waals surface area contributed by atoms with Gasteiger partial charge in [-0.2, -0.15) is 0 Å². The van der Waals surface area contributed by atoms with E-state index in [1.807, 2.05) is 18.2 Å². The predicted molar refractivity (Wildman–Crippen MR) is 54.1 cm³/mol. The van der Waals surface area contributed by atoms with Crippen molar-refractivity contribution in [3.05, 3.63) is 48.8 Å². The van der Waals surface area contributed by atoms with Gasteiger partial charge in [0.25, 0.3) is 0 Å². The fourth-order valence-corrected chi connectivity index (χ4v) is 1.14. The zero-order valence-electron chi connectivity index (χ0n) is 8.00. The molecule has 0 saturated heterocycles. The van der Waals surface area contributed by atoms with Crippen LogP contribution in [0.3, 0.4) is 0 Å². The van der Waals surface area contributed by atoms with Crippen LogP contribution in [0.15, 0.2) is 43.1 Å². The summed E-state index contributed by atoms with van der Waals surface area (Å²) in [5.41, 5.74) is 0.825. The van der Waals surface area contributed by atoms with Crippen LogP contribution in [-0.2, 0) is 6.54 Å². The maximum absolute atomic E-state index is 11.5. The third kappa shape index (κ3) is 2.40. The summed E-state index contributed by atoms with van der Waals surface area (Å²) in [6.45, 7) is 0.415. The summed E-state index contributed by atoms with van der Waals surface area (Å²) in [6, 6.07) is 5.36. The van der Waals surface area contributed by atoms with Gasteiger partial charge in [0, 0.05) is 18.6 Å². The zero-order valence-corrected chi connectivity index (χ0v) is 8.00. The van der Waals surface area contributed by atoms with E-state index >= 15 is 0 Å². The Balaban J connectivity index is 1.92. The van der Waals surface area contributed by atoms with Gasteiger partial charge in [0.2, 0.25) is 0 Å². The van der Waals surface area contributed by atoms with Gasteiger partial charge >= 0.3 is 6.03 Å². The van der Waals surface area contributed by atoms with E-state index in [4.69, 9.17) is 0 Å². The van der Waals surface area contributed by atoms with E-state index in [0.29, 0.717) is 6.54 Å². The highest BCUT2D eigenvalue weighted by Gasteiger charge is 2.02. The number of nitrogens with one attached hydrogen (secondary N) is 1. The molecule has 0 spiro atoms. The molecule has 0 atom stereocenters. The fourth-order valence-electron chi connectivity index (χ4n) is 1.14. The van der Waals surface area contributed by atoms with Crippen molar-refractivity contribution in [2.75, 3.05) is 0 Å². The van der Waals surface area contributed by atoms with Crippen LogP contribution in [0.25, 0.3) is 0 Å². The van der Waals surface area contributed by atoms with Crippen molar-refractivity contribution < 1.29 is 4.79 Å². The molecular weight excluding hydrogens is 192 g/mol. The Morgan fingerprint density at radius 3 is 3.00 bits per heavy atom. The van der Waals surface area contributed by atoms with Gasteiger partial charge in [0.05, 0.1) is 12.2 Å². The third-order valence-corrected chi connectivity index (χ3v) is 1.89. The van der Waals surface area contributed by atoms with Crippen LogP contribution in [0.5, 0.6) is 0 Å². The number of amides is 1. The minimum Gasteiger partial charge on any atom is -0.332 e. The lowest BCUT2D eigenvalue weighted by atomic mass is 10.3. The standard InChI is InChI=1S/C10H10N4O/c15-10(14-6-5-11-8-14)13-7-9-3-1-2-4-12-9/h1-6,8H,7H2,(H,13,15). The molecule has 5 heteroatoms. The number of aromatic nitrogens is 3. The molecule has 1 N–H and O–H groups in total. The molecule has 1 amide bonds. The highest BCUT2D eigenvalue weighted by atomic mass is 16.2. The van der Waals surface area contributed by atoms with E-state index in [0.717, 1.165) is 5.69 Å². The Morgan fingerprint density at radius 2 is 2.33 bits per heavy atom. The van der Waals surface area contributed by atoms with Gasteiger partial charge < -0.3 is 5.32 Å². The normalized spacial score (nSPS) is 9.87. The summed E-state index contributed by atoms with van der Waals surface area (Å²) >= 11 is 0. The van der Waals surface area contributed by atoms with Crippen molar-refractivity contribution in [2.45, 2.75) is 6.54 Å². The lowest BCUT2D eigenvalue weighted by molar-refractivity contribution is 0.242. The highest BCUT2D eigenvalue weighted by Crippen LogP contribution is 1.93. The molecule has 0 aromatic carbocycles. The highest BCUT2D eigenvalue weighted by molar-refractivity contribution is 5.76. The molecule has 15 heavy (non-hydrogen) atoms. The van der Waals surface area contributed by atoms with E-state index in [9.17, 15) is 4.79 Å². The first-order chi connectivity index (χ1) is 7.36. The van der Waals surface area contributed by atoms with Crippen LogP contribution in [0.4, 0.5) is 4.79 Å². The first-order valence-corrected chi connectivity index (χ1v) is 4.52. The van der Waals surface area contributed by atoms with Gasteiger partial charge in [-0.15, -0.1) is 0 Å². The van der Waals surface area contributed by atoms with Gasteiger partial charge in [0.15, 0.2) is 0 Å². The molecule has 0 aliphatic carbocycles. The Labute approximate surface area is 86.8 Å². The molecule has 0 bridgehead atoms. The number of pyridine rings is 1. The molecule has 2 aromatic rings. The topological polar surface area (TPSA) is 59.8 Å². The minimum absolute atomic E-state index is 0.210. The summed E-state index contributed by atoms with van der Waals surface area (Å²) in [4.78, 5) is 19.3. The smallest absolute Gasteiger partial charge is 0.327 e. The van der Waals surface area contributed by atoms with E-state index in [1.54, 1.807) is 18.6 Å². The third-order valence-electron chi connectivity index (χ3n) is 1.89. The molecule has 0 fully saturated rings. The number of imidazole rings is 1. The quantitative estimate of drug-likeness (QED) is 0.791. The van der Waals surface area contributed by atoms with Crippen LogP contribution in [-0.4, -0.2) is 20.6 Å². The second-order valence-corrected chi connectivity index (χ2v) is 2.95. The lowest BCUT2D eigenvalue weighted by Crippen LogP contribution is -2.27. The molecule has 0 saturated carbocycles. The predicted octanol–water partition coefficient (Wildman–Crippen LogP) is 1.04. The molecular formula is C10H10N4O. The first-order valence-electron chi connectivity index (χ1n) is 4.52. The average molecular weight is 202 g/mol. The molecule has 2 heterocycles. The van der Waals surface area contributed by atoms with Crippen LogP contribution in [0, 0.1) is 0 Å². The van der Waals surface area contributed by atoms with Crippen molar-refractivity contribution in [2.24, 2.45) is 0 Å². The fraction of sp³-hybridized carbons (Fsp3) is 0.100. The maximum Gasteiger partial charge on any atom is 0.327 e. The first kappa shape index (κ1) is 9.39. The van der Waals surface area contributed by atoms with Gasteiger partial charge in [-0.05, 0) is 12.1 Å². The summed E-state index contributed by atoms with van der Waals surface area (Å²) in [5, 5.41) is 2.72. The largest absolute Gasteiger partial charge is 0.332 e. The van der Waals surface area contributed by atoms with Gasteiger partial charge in [-0.1, -0.05) is 6.07 Å². The molecule has 2 aromatic heterocycles. The second-order valence-electron chi connectivity index (χ2n) is 2.95. The van der Waals surface area contributed by atoms with Crippen LogP contribution in [0.2, 0.25) is 0 Å². The van der Waals surface area contributed by atoms with E-state index in [2.05, 4.69) is 15.3 Å². The maximum atomic E-state index is 11.5. The number of nitrogens with zero attached hydrogens (tertiary/aromatic N) is 3. The lowest BCUT2D eigenvalue weighted by Gasteiger charge is -2.03. The number of carbonyl (C=O) groups excluding carboxylic acids is 1. The van der Waals surface area contributed by atoms with Crippen molar-refractivity contribution in [1.29, 1.82) is 0 Å². The number of hydrogen-bond acceptors (Lipinski definition) is 3. The number of rotatable bonds is 2. The van der Waals surface area contributed by atoms with Crippen molar-refractivity contribution in [1.82, 2.24) is 19.9 Å². The van der Waals surface area contributed by atoms with E-state index in [-0.39, 0.29) is 6.03 Å². The van der Waals surface area contributed by atoms with E-state index < -0.39 is 0 Å². The molecule has 0 radical (unpaired) electrons. The summed E-state index contributed by atoms with van der Waals surface area (Å²) < 4.78 is 1.38. The van der Waals surface area contributed by atoms with Crippen molar-refractivity contribution in [3.8, 4) is 0 Å². The summed E-state index contributed by atoms with van der Waals surface area (Å²) in [6.07, 6.45) is 6.29. The van der Waals surface area contributed by atoms with Gasteiger partial charge in [0.1, 0.15) is 6.33 Å². The second kappa shape index (κ2) is 4.36. The molecule has 0 aliphatic heterocycles. The summed E-state index contributed by atoms with van der Waals surface area (Å²) in [5.74, 6) is 0. The molecule has 2 rings (SSSR count). The molecule has 76 valence electrons. The van der Waals surface area contributed by atoms with E-state index in [1.165, 1.54) is 10.9 Å².